The van der Waals surface area contributed by atoms with Gasteiger partial charge in [-0.1, -0.05) is 25.1 Å². The van der Waals surface area contributed by atoms with Crippen molar-refractivity contribution in [1.82, 2.24) is 9.80 Å². The molecule has 1 aliphatic rings. The number of primary amides is 1. The van der Waals surface area contributed by atoms with E-state index in [0.29, 0.717) is 19.5 Å². The zero-order valence-corrected chi connectivity index (χ0v) is 14.0. The minimum atomic E-state index is -0.548. The van der Waals surface area contributed by atoms with Crippen LogP contribution in [-0.4, -0.2) is 60.8 Å². The minimum absolute atomic E-state index is 0.00917. The van der Waals surface area contributed by atoms with Gasteiger partial charge in [0.25, 0.3) is 0 Å². The van der Waals surface area contributed by atoms with Crippen LogP contribution in [0.4, 0.5) is 0 Å². The van der Waals surface area contributed by atoms with E-state index in [4.69, 9.17) is 10.5 Å². The molecule has 1 aromatic carbocycles. The highest BCUT2D eigenvalue weighted by molar-refractivity contribution is 5.89. The summed E-state index contributed by atoms with van der Waals surface area (Å²) >= 11 is 0. The number of hydrogen-bond donors (Lipinski definition) is 1. The van der Waals surface area contributed by atoms with Crippen LogP contribution in [0.5, 0.6) is 5.75 Å². The highest BCUT2D eigenvalue weighted by Crippen LogP contribution is 2.29. The van der Waals surface area contributed by atoms with Gasteiger partial charge in [0.15, 0.2) is 0 Å². The second-order valence-corrected chi connectivity index (χ2v) is 5.94. The molecular formula is C17H23N3O4. The molecule has 0 bridgehead atoms. The van der Waals surface area contributed by atoms with E-state index in [-0.39, 0.29) is 30.8 Å². The molecule has 130 valence electrons. The van der Waals surface area contributed by atoms with Gasteiger partial charge < -0.3 is 20.3 Å². The third kappa shape index (κ3) is 4.24. The number of rotatable bonds is 6. The van der Waals surface area contributed by atoms with E-state index in [2.05, 4.69) is 0 Å². The SMILES string of the molecule is COc1ccccc1C(C)CC(=O)N1CCN(CC(N)=O)C(=O)C1. The van der Waals surface area contributed by atoms with Crippen LogP contribution in [0.3, 0.4) is 0 Å². The molecule has 0 aliphatic carbocycles. The quantitative estimate of drug-likeness (QED) is 0.813. The summed E-state index contributed by atoms with van der Waals surface area (Å²) in [4.78, 5) is 38.3. The molecule has 1 heterocycles. The molecule has 1 saturated heterocycles. The molecule has 7 heteroatoms. The normalized spacial score (nSPS) is 16.0. The molecule has 0 saturated carbocycles. The number of piperazine rings is 1. The lowest BCUT2D eigenvalue weighted by Gasteiger charge is -2.34. The number of amides is 3. The fourth-order valence-corrected chi connectivity index (χ4v) is 2.85. The van der Waals surface area contributed by atoms with Gasteiger partial charge in [0.05, 0.1) is 20.2 Å². The Balaban J connectivity index is 1.95. The molecule has 0 radical (unpaired) electrons. The number of nitrogens with zero attached hydrogens (tertiary/aromatic N) is 2. The average Bonchev–Trinajstić information content (AvgIpc) is 2.56. The molecule has 0 aromatic heterocycles. The van der Waals surface area contributed by atoms with Gasteiger partial charge in [-0.05, 0) is 17.5 Å². The standard InChI is InChI=1S/C17H23N3O4/c1-12(13-5-3-4-6-14(13)24-2)9-16(22)20-8-7-19(10-15(18)21)17(23)11-20/h3-6,12H,7-11H2,1-2H3,(H2,18,21). The van der Waals surface area contributed by atoms with Crippen molar-refractivity contribution < 1.29 is 19.1 Å². The first-order valence-electron chi connectivity index (χ1n) is 7.89. The van der Waals surface area contributed by atoms with Crippen LogP contribution >= 0.6 is 0 Å². The van der Waals surface area contributed by atoms with Crippen LogP contribution in [0.1, 0.15) is 24.8 Å². The second-order valence-electron chi connectivity index (χ2n) is 5.94. The number of carbonyl (C=O) groups excluding carboxylic acids is 3. The summed E-state index contributed by atoms with van der Waals surface area (Å²) in [6.07, 6.45) is 0.295. The lowest BCUT2D eigenvalue weighted by molar-refractivity contribution is -0.146. The monoisotopic (exact) mass is 333 g/mol. The number of ether oxygens (including phenoxy) is 1. The number of hydrogen-bond acceptors (Lipinski definition) is 4. The third-order valence-electron chi connectivity index (χ3n) is 4.17. The smallest absolute Gasteiger partial charge is 0.242 e. The number of benzene rings is 1. The van der Waals surface area contributed by atoms with Gasteiger partial charge in [-0.25, -0.2) is 0 Å². The van der Waals surface area contributed by atoms with Crippen molar-refractivity contribution in [2.45, 2.75) is 19.3 Å². The van der Waals surface area contributed by atoms with Crippen molar-refractivity contribution in [3.8, 4) is 5.75 Å². The van der Waals surface area contributed by atoms with Gasteiger partial charge in [0, 0.05) is 19.5 Å². The summed E-state index contributed by atoms with van der Waals surface area (Å²) < 4.78 is 5.33. The third-order valence-corrected chi connectivity index (χ3v) is 4.17. The van der Waals surface area contributed by atoms with Gasteiger partial charge in [0.2, 0.25) is 17.7 Å². The van der Waals surface area contributed by atoms with Crippen molar-refractivity contribution in [3.05, 3.63) is 29.8 Å². The van der Waals surface area contributed by atoms with Crippen molar-refractivity contribution in [1.29, 1.82) is 0 Å². The van der Waals surface area contributed by atoms with Gasteiger partial charge >= 0.3 is 0 Å². The first kappa shape index (κ1) is 17.8. The van der Waals surface area contributed by atoms with Gasteiger partial charge in [-0.15, -0.1) is 0 Å². The molecular weight excluding hydrogens is 310 g/mol. The Labute approximate surface area is 141 Å². The summed E-state index contributed by atoms with van der Waals surface area (Å²) in [7, 11) is 1.60. The number of methoxy groups -OCH3 is 1. The maximum absolute atomic E-state index is 12.5. The Bertz CT molecular complexity index is 632. The minimum Gasteiger partial charge on any atom is -0.496 e. The van der Waals surface area contributed by atoms with Gasteiger partial charge in [-0.3, -0.25) is 14.4 Å². The molecule has 1 fully saturated rings. The Morgan fingerprint density at radius 2 is 2.00 bits per heavy atom. The van der Waals surface area contributed by atoms with E-state index < -0.39 is 5.91 Å². The van der Waals surface area contributed by atoms with Crippen LogP contribution < -0.4 is 10.5 Å². The van der Waals surface area contributed by atoms with Crippen LogP contribution in [-0.2, 0) is 14.4 Å². The molecule has 3 amide bonds. The van der Waals surface area contributed by atoms with Gasteiger partial charge in [0.1, 0.15) is 5.75 Å². The van der Waals surface area contributed by atoms with Crippen LogP contribution in [0, 0.1) is 0 Å². The predicted molar refractivity (Wildman–Crippen MR) is 88.4 cm³/mol. The number of para-hydroxylation sites is 1. The molecule has 1 atom stereocenters. The van der Waals surface area contributed by atoms with Gasteiger partial charge in [-0.2, -0.15) is 0 Å². The Hall–Kier alpha value is -2.57. The summed E-state index contributed by atoms with van der Waals surface area (Å²) in [5.41, 5.74) is 6.08. The first-order valence-corrected chi connectivity index (χ1v) is 7.89. The molecule has 2 N–H and O–H groups in total. The Morgan fingerprint density at radius 3 is 2.62 bits per heavy atom. The largest absolute Gasteiger partial charge is 0.496 e. The highest BCUT2D eigenvalue weighted by Gasteiger charge is 2.28. The average molecular weight is 333 g/mol. The molecule has 1 aliphatic heterocycles. The van der Waals surface area contributed by atoms with E-state index in [1.54, 1.807) is 7.11 Å². The van der Waals surface area contributed by atoms with Crippen LogP contribution in [0.2, 0.25) is 0 Å². The predicted octanol–water partition coefficient (Wildman–Crippen LogP) is 0.345. The Morgan fingerprint density at radius 1 is 1.29 bits per heavy atom. The molecule has 7 nitrogen and oxygen atoms in total. The van der Waals surface area contributed by atoms with E-state index in [1.165, 1.54) is 9.80 Å². The summed E-state index contributed by atoms with van der Waals surface area (Å²) in [6.45, 7) is 2.59. The van der Waals surface area contributed by atoms with Crippen molar-refractivity contribution in [3.63, 3.8) is 0 Å². The first-order chi connectivity index (χ1) is 11.4. The van der Waals surface area contributed by atoms with Crippen LogP contribution in [0.25, 0.3) is 0 Å². The Kier molecular flexibility index (Phi) is 5.78. The molecule has 2 rings (SSSR count). The lowest BCUT2D eigenvalue weighted by atomic mass is 9.96. The van der Waals surface area contributed by atoms with E-state index >= 15 is 0 Å². The van der Waals surface area contributed by atoms with E-state index in [0.717, 1.165) is 11.3 Å². The summed E-state index contributed by atoms with van der Waals surface area (Å²) in [5.74, 6) is -0.153. The fraction of sp³-hybridized carbons (Fsp3) is 0.471. The summed E-state index contributed by atoms with van der Waals surface area (Å²) in [6, 6.07) is 7.59. The molecule has 1 aromatic rings. The second kappa shape index (κ2) is 7.81. The summed E-state index contributed by atoms with van der Waals surface area (Å²) in [5, 5.41) is 0. The van der Waals surface area contributed by atoms with Crippen LogP contribution in [0.15, 0.2) is 24.3 Å². The van der Waals surface area contributed by atoms with E-state index in [9.17, 15) is 14.4 Å². The van der Waals surface area contributed by atoms with Crippen molar-refractivity contribution in [2.75, 3.05) is 33.3 Å². The van der Waals surface area contributed by atoms with Crippen molar-refractivity contribution >= 4 is 17.7 Å². The topological polar surface area (TPSA) is 92.9 Å². The number of carbonyl (C=O) groups is 3. The molecule has 1 unspecified atom stereocenters. The van der Waals surface area contributed by atoms with Crippen molar-refractivity contribution in [2.24, 2.45) is 5.73 Å². The number of nitrogens with two attached hydrogens (primary N) is 1. The molecule has 0 spiro atoms. The maximum atomic E-state index is 12.5. The zero-order chi connectivity index (χ0) is 17.7. The zero-order valence-electron chi connectivity index (χ0n) is 14.0. The molecule has 24 heavy (non-hydrogen) atoms. The fourth-order valence-electron chi connectivity index (χ4n) is 2.85. The maximum Gasteiger partial charge on any atom is 0.242 e. The lowest BCUT2D eigenvalue weighted by Crippen LogP contribution is -2.54. The van der Waals surface area contributed by atoms with E-state index in [1.807, 2.05) is 31.2 Å². The highest BCUT2D eigenvalue weighted by atomic mass is 16.5.